The highest BCUT2D eigenvalue weighted by molar-refractivity contribution is 7.19. The van der Waals surface area contributed by atoms with E-state index in [1.165, 1.54) is 11.3 Å². The highest BCUT2D eigenvalue weighted by Crippen LogP contribution is 2.28. The summed E-state index contributed by atoms with van der Waals surface area (Å²) in [6, 6.07) is 6.06. The fraction of sp³-hybridized carbons (Fsp3) is 0.250. The van der Waals surface area contributed by atoms with Gasteiger partial charge in [0, 0.05) is 12.2 Å². The summed E-state index contributed by atoms with van der Waals surface area (Å²) in [7, 11) is 8.50. The molecule has 0 saturated heterocycles. The maximum absolute atomic E-state index is 5.80. The number of fused-ring (bicyclic) bond motifs is 1. The van der Waals surface area contributed by atoms with Gasteiger partial charge in [-0.05, 0) is 27.4 Å². The van der Waals surface area contributed by atoms with E-state index in [-0.39, 0.29) is 0 Å². The molecule has 3 heteroatoms. The van der Waals surface area contributed by atoms with Gasteiger partial charge in [-0.3, -0.25) is 0 Å². The van der Waals surface area contributed by atoms with Crippen molar-refractivity contribution in [2.24, 2.45) is 0 Å². The minimum atomic E-state index is 0.924. The van der Waals surface area contributed by atoms with E-state index in [9.17, 15) is 0 Å². The topological polar surface area (TPSA) is 3.24 Å². The van der Waals surface area contributed by atoms with Crippen LogP contribution in [0.5, 0.6) is 0 Å². The number of hydrogen-bond donors (Lipinski definition) is 0. The standard InChI is InChI=1S/C8H9BNP/c9-7-2-1-3-8-6(7)4-5-10(8)11/h1-3H,4-5,11H2. The van der Waals surface area contributed by atoms with Crippen LogP contribution in [0.4, 0.5) is 5.69 Å². The van der Waals surface area contributed by atoms with Crippen LogP contribution in [-0.4, -0.2) is 14.4 Å². The molecule has 0 aromatic heterocycles. The molecule has 1 heterocycles. The molecule has 1 aromatic carbocycles. The molecule has 1 unspecified atom stereocenters. The molecule has 1 atom stereocenters. The van der Waals surface area contributed by atoms with Crippen molar-refractivity contribution in [1.29, 1.82) is 0 Å². The highest BCUT2D eigenvalue weighted by Gasteiger charge is 2.15. The third kappa shape index (κ3) is 1.06. The van der Waals surface area contributed by atoms with Crippen LogP contribution >= 0.6 is 9.39 Å². The summed E-state index contributed by atoms with van der Waals surface area (Å²) in [4.78, 5) is 0. The van der Waals surface area contributed by atoms with E-state index < -0.39 is 0 Å². The van der Waals surface area contributed by atoms with Crippen LogP contribution in [0.1, 0.15) is 5.56 Å². The zero-order valence-electron chi connectivity index (χ0n) is 6.25. The molecule has 0 bridgehead atoms. The van der Waals surface area contributed by atoms with Gasteiger partial charge in [0.2, 0.25) is 0 Å². The molecule has 0 fully saturated rings. The van der Waals surface area contributed by atoms with Crippen LogP contribution < -0.4 is 10.1 Å². The maximum Gasteiger partial charge on any atom is 0.114 e. The molecular weight excluding hydrogens is 152 g/mol. The van der Waals surface area contributed by atoms with Crippen molar-refractivity contribution in [2.75, 3.05) is 11.2 Å². The summed E-state index contributed by atoms with van der Waals surface area (Å²) in [6.07, 6.45) is 1.07. The summed E-state index contributed by atoms with van der Waals surface area (Å²) < 4.78 is 2.16. The van der Waals surface area contributed by atoms with Crippen molar-refractivity contribution in [1.82, 2.24) is 0 Å². The Balaban J connectivity index is 2.57. The van der Waals surface area contributed by atoms with Crippen LogP contribution in [0.25, 0.3) is 0 Å². The fourth-order valence-corrected chi connectivity index (χ4v) is 1.86. The Labute approximate surface area is 70.5 Å². The molecule has 0 N–H and O–H groups in total. The van der Waals surface area contributed by atoms with Gasteiger partial charge in [-0.2, -0.15) is 0 Å². The van der Waals surface area contributed by atoms with Crippen molar-refractivity contribution in [3.8, 4) is 0 Å². The number of hydrogen-bond acceptors (Lipinski definition) is 1. The van der Waals surface area contributed by atoms with Gasteiger partial charge in [-0.1, -0.05) is 17.6 Å². The first-order chi connectivity index (χ1) is 5.29. The monoisotopic (exact) mass is 161 g/mol. The van der Waals surface area contributed by atoms with E-state index >= 15 is 0 Å². The molecule has 11 heavy (non-hydrogen) atoms. The maximum atomic E-state index is 5.80. The lowest BCUT2D eigenvalue weighted by Crippen LogP contribution is -2.07. The number of rotatable bonds is 0. The quantitative estimate of drug-likeness (QED) is 0.398. The third-order valence-corrected chi connectivity index (χ3v) is 2.64. The van der Waals surface area contributed by atoms with Crippen LogP contribution in [0.2, 0.25) is 0 Å². The molecule has 1 aromatic rings. The molecule has 1 aliphatic heterocycles. The zero-order valence-corrected chi connectivity index (χ0v) is 7.40. The van der Waals surface area contributed by atoms with Gasteiger partial charge in [-0.15, -0.1) is 0 Å². The van der Waals surface area contributed by atoms with E-state index in [4.69, 9.17) is 7.85 Å². The lowest BCUT2D eigenvalue weighted by atomic mass is 9.89. The fourth-order valence-electron chi connectivity index (χ4n) is 1.49. The third-order valence-electron chi connectivity index (χ3n) is 2.10. The molecular formula is C8H9BNP. The van der Waals surface area contributed by atoms with Gasteiger partial charge in [0.1, 0.15) is 7.85 Å². The Morgan fingerprint density at radius 3 is 3.00 bits per heavy atom. The van der Waals surface area contributed by atoms with Gasteiger partial charge in [0.15, 0.2) is 0 Å². The second kappa shape index (κ2) is 2.53. The highest BCUT2D eigenvalue weighted by atomic mass is 31.0. The van der Waals surface area contributed by atoms with Crippen LogP contribution in [0.3, 0.4) is 0 Å². The average molecular weight is 161 g/mol. The Hall–Kier alpha value is -0.485. The molecule has 2 radical (unpaired) electrons. The van der Waals surface area contributed by atoms with Gasteiger partial charge < -0.3 is 4.67 Å². The Kier molecular flexibility index (Phi) is 1.65. The van der Waals surface area contributed by atoms with Crippen molar-refractivity contribution >= 4 is 28.4 Å². The van der Waals surface area contributed by atoms with Crippen LogP contribution in [0, 0.1) is 0 Å². The van der Waals surface area contributed by atoms with E-state index in [1.54, 1.807) is 0 Å². The largest absolute Gasteiger partial charge is 0.355 e. The molecule has 2 rings (SSSR count). The van der Waals surface area contributed by atoms with Gasteiger partial charge in [0.25, 0.3) is 0 Å². The summed E-state index contributed by atoms with van der Waals surface area (Å²) in [6.45, 7) is 1.06. The van der Waals surface area contributed by atoms with Gasteiger partial charge in [-0.25, -0.2) is 0 Å². The normalized spacial score (nSPS) is 15.2. The molecule has 0 spiro atoms. The number of nitrogens with zero attached hydrogens (tertiary/aromatic N) is 1. The number of benzene rings is 1. The van der Waals surface area contributed by atoms with Gasteiger partial charge in [0.05, 0.1) is 0 Å². The summed E-state index contributed by atoms with van der Waals surface area (Å²) in [5.74, 6) is 0. The summed E-state index contributed by atoms with van der Waals surface area (Å²) in [5.41, 5.74) is 3.48. The molecule has 0 amide bonds. The SMILES string of the molecule is [B]c1cccc2c1CCN2P. The lowest BCUT2D eigenvalue weighted by Gasteiger charge is -2.11. The first kappa shape index (κ1) is 7.18. The van der Waals surface area contributed by atoms with Crippen LogP contribution in [0.15, 0.2) is 18.2 Å². The Morgan fingerprint density at radius 1 is 1.45 bits per heavy atom. The minimum absolute atomic E-state index is 0.924. The minimum Gasteiger partial charge on any atom is -0.355 e. The Bertz CT molecular complexity index is 287. The second-order valence-corrected chi connectivity index (χ2v) is 3.41. The predicted octanol–water partition coefficient (Wildman–Crippen LogP) is 0.633. The van der Waals surface area contributed by atoms with E-state index in [1.807, 2.05) is 12.1 Å². The molecule has 1 nitrogen and oxygen atoms in total. The summed E-state index contributed by atoms with van der Waals surface area (Å²) in [5, 5.41) is 0. The van der Waals surface area contributed by atoms with E-state index in [2.05, 4.69) is 20.1 Å². The first-order valence-electron chi connectivity index (χ1n) is 3.68. The van der Waals surface area contributed by atoms with Gasteiger partial charge >= 0.3 is 0 Å². The van der Waals surface area contributed by atoms with E-state index in [0.717, 1.165) is 18.4 Å². The smallest absolute Gasteiger partial charge is 0.114 e. The molecule has 0 saturated carbocycles. The predicted molar refractivity (Wildman–Crippen MR) is 52.6 cm³/mol. The summed E-state index contributed by atoms with van der Waals surface area (Å²) >= 11 is 0. The zero-order chi connectivity index (χ0) is 7.84. The van der Waals surface area contributed by atoms with Crippen molar-refractivity contribution < 1.29 is 0 Å². The first-order valence-corrected chi connectivity index (χ1v) is 4.20. The second-order valence-electron chi connectivity index (χ2n) is 2.79. The lowest BCUT2D eigenvalue weighted by molar-refractivity contribution is 1.06. The average Bonchev–Trinajstić information content (AvgIpc) is 2.35. The Morgan fingerprint density at radius 2 is 2.27 bits per heavy atom. The van der Waals surface area contributed by atoms with Crippen molar-refractivity contribution in [2.45, 2.75) is 6.42 Å². The van der Waals surface area contributed by atoms with E-state index in [0.29, 0.717) is 0 Å². The van der Waals surface area contributed by atoms with Crippen LogP contribution in [-0.2, 0) is 6.42 Å². The van der Waals surface area contributed by atoms with Crippen molar-refractivity contribution in [3.05, 3.63) is 23.8 Å². The molecule has 1 aliphatic rings. The van der Waals surface area contributed by atoms with Crippen molar-refractivity contribution in [3.63, 3.8) is 0 Å². The molecule has 54 valence electrons. The molecule has 0 aliphatic carbocycles. The number of anilines is 1.